The van der Waals surface area contributed by atoms with Crippen LogP contribution in [0.2, 0.25) is 0 Å². The Labute approximate surface area is 188 Å². The van der Waals surface area contributed by atoms with Gasteiger partial charge in [0.15, 0.2) is 17.7 Å². The van der Waals surface area contributed by atoms with E-state index in [1.165, 1.54) is 17.8 Å². The van der Waals surface area contributed by atoms with Crippen molar-refractivity contribution in [1.29, 1.82) is 0 Å². The number of pyridine rings is 1. The molecule has 3 atom stereocenters. The summed E-state index contributed by atoms with van der Waals surface area (Å²) in [5.74, 6) is -3.30. The molecule has 0 spiro atoms. The first-order valence-corrected chi connectivity index (χ1v) is 10.3. The number of likely N-dealkylation sites (N-methyl/N-ethyl adjacent to an activating group) is 1. The van der Waals surface area contributed by atoms with Crippen molar-refractivity contribution in [1.82, 2.24) is 4.90 Å². The van der Waals surface area contributed by atoms with E-state index in [0.29, 0.717) is 22.8 Å². The van der Waals surface area contributed by atoms with Gasteiger partial charge in [-0.1, -0.05) is 30.3 Å². The van der Waals surface area contributed by atoms with Crippen molar-refractivity contribution in [2.24, 2.45) is 5.92 Å². The second-order valence-corrected chi connectivity index (χ2v) is 8.04. The normalized spacial score (nSPS) is 21.0. The van der Waals surface area contributed by atoms with Gasteiger partial charge >= 0.3 is 5.97 Å². The van der Waals surface area contributed by atoms with Crippen LogP contribution in [0.1, 0.15) is 33.6 Å². The van der Waals surface area contributed by atoms with E-state index in [2.05, 4.69) is 0 Å². The van der Waals surface area contributed by atoms with Crippen molar-refractivity contribution < 1.29 is 33.6 Å². The Morgan fingerprint density at radius 2 is 1.64 bits per heavy atom. The zero-order valence-electron chi connectivity index (χ0n) is 17.5. The first-order valence-electron chi connectivity index (χ1n) is 10.3. The lowest BCUT2D eigenvalue weighted by Crippen LogP contribution is -2.47. The Bertz CT molecular complexity index is 1320. The number of ketones is 1. The van der Waals surface area contributed by atoms with E-state index in [4.69, 9.17) is 4.74 Å². The first kappa shape index (κ1) is 20.6. The molecule has 2 amide bonds. The van der Waals surface area contributed by atoms with Gasteiger partial charge in [0.05, 0.1) is 5.56 Å². The number of nitrogens with zero attached hydrogens (tertiary/aromatic N) is 2. The molecule has 1 N–H and O–H groups in total. The predicted octanol–water partition coefficient (Wildman–Crippen LogP) is 2.34. The van der Waals surface area contributed by atoms with Gasteiger partial charge in [0.1, 0.15) is 23.3 Å². The molecule has 2 aliphatic heterocycles. The number of hydrogen-bond acceptors (Lipinski definition) is 5. The van der Waals surface area contributed by atoms with Crippen LogP contribution in [0.4, 0.5) is 0 Å². The third kappa shape index (κ3) is 3.27. The van der Waals surface area contributed by atoms with E-state index >= 15 is 0 Å². The Morgan fingerprint density at radius 3 is 2.36 bits per heavy atom. The zero-order valence-corrected chi connectivity index (χ0v) is 17.5. The number of carbonyl (C=O) groups is 4. The number of benzene rings is 2. The van der Waals surface area contributed by atoms with E-state index in [9.17, 15) is 24.3 Å². The number of carboxylic acid groups (broad SMARTS) is 1. The molecule has 1 fully saturated rings. The minimum absolute atomic E-state index is 0.245. The van der Waals surface area contributed by atoms with Crippen molar-refractivity contribution in [3.63, 3.8) is 0 Å². The van der Waals surface area contributed by atoms with Gasteiger partial charge in [0.2, 0.25) is 11.8 Å². The van der Waals surface area contributed by atoms with Gasteiger partial charge in [-0.05, 0) is 30.3 Å². The van der Waals surface area contributed by atoms with Gasteiger partial charge in [-0.2, -0.15) is 4.57 Å². The molecule has 3 heterocycles. The molecule has 8 heteroatoms. The number of likely N-dealkylation sites (tertiary alicyclic amines) is 1. The lowest BCUT2D eigenvalue weighted by Gasteiger charge is -2.11. The van der Waals surface area contributed by atoms with Gasteiger partial charge in [-0.25, -0.2) is 4.79 Å². The molecule has 33 heavy (non-hydrogen) atoms. The number of carbonyl (C=O) groups excluding carboxylic acids is 3. The maximum Gasteiger partial charge on any atom is 0.374 e. The fourth-order valence-electron chi connectivity index (χ4n) is 4.57. The molecular formula is C25H19N2O6+. The summed E-state index contributed by atoms with van der Waals surface area (Å²) in [5, 5.41) is 9.82. The number of ether oxygens (including phenoxy) is 1. The summed E-state index contributed by atoms with van der Waals surface area (Å²) >= 11 is 0. The number of para-hydroxylation sites is 1. The van der Waals surface area contributed by atoms with E-state index in [0.717, 1.165) is 4.90 Å². The second kappa shape index (κ2) is 7.67. The molecule has 1 saturated heterocycles. The molecule has 5 rings (SSSR count). The lowest BCUT2D eigenvalue weighted by molar-refractivity contribution is -0.707. The van der Waals surface area contributed by atoms with Crippen LogP contribution < -0.4 is 9.30 Å². The highest BCUT2D eigenvalue weighted by atomic mass is 16.5. The quantitative estimate of drug-likeness (QED) is 0.369. The van der Waals surface area contributed by atoms with Crippen molar-refractivity contribution in [2.75, 3.05) is 7.05 Å². The standard InChI is InChI=1S/C25H18N2O6/c1-26-23(29)19-18-11-10-15(13-27(18)21(25(31)32)20(19)24(26)30)22(28)14-6-5-9-17(12-14)33-16-7-3-2-4-8-16/h2-13,19-21H,1H3/p+1/t19-,20-,21-/m0/s1. The van der Waals surface area contributed by atoms with Gasteiger partial charge in [-0.15, -0.1) is 0 Å². The Hall–Kier alpha value is -4.33. The Kier molecular flexibility index (Phi) is 4.78. The van der Waals surface area contributed by atoms with E-state index in [1.807, 2.05) is 18.2 Å². The van der Waals surface area contributed by atoms with Gasteiger partial charge in [0, 0.05) is 18.7 Å². The van der Waals surface area contributed by atoms with Crippen LogP contribution >= 0.6 is 0 Å². The molecule has 3 aromatic rings. The SMILES string of the molecule is CN1C(=O)[C@@H]2[C@@H](C(=O)O)[n+]3cc(C(=O)c4cccc(Oc5ccccc5)c4)ccc3[C@@H]2C1=O. The highest BCUT2D eigenvalue weighted by Gasteiger charge is 2.64. The zero-order chi connectivity index (χ0) is 23.3. The van der Waals surface area contributed by atoms with Gasteiger partial charge in [-0.3, -0.25) is 19.3 Å². The maximum atomic E-state index is 13.2. The van der Waals surface area contributed by atoms with Gasteiger partial charge in [0.25, 0.3) is 6.04 Å². The third-order valence-electron chi connectivity index (χ3n) is 6.13. The number of carboxylic acids is 1. The number of hydrogen-bond donors (Lipinski definition) is 1. The minimum atomic E-state index is -1.26. The molecule has 2 aliphatic rings. The van der Waals surface area contributed by atoms with E-state index in [-0.39, 0.29) is 11.3 Å². The molecule has 0 aliphatic carbocycles. The highest BCUT2D eigenvalue weighted by molar-refractivity contribution is 6.10. The topological polar surface area (TPSA) is 105 Å². The number of aromatic nitrogens is 1. The third-order valence-corrected chi connectivity index (χ3v) is 6.13. The van der Waals surface area contributed by atoms with Crippen molar-refractivity contribution >= 4 is 23.6 Å². The predicted molar refractivity (Wildman–Crippen MR) is 114 cm³/mol. The van der Waals surface area contributed by atoms with Crippen molar-refractivity contribution in [3.05, 3.63) is 89.7 Å². The summed E-state index contributed by atoms with van der Waals surface area (Å²) in [4.78, 5) is 51.3. The average molecular weight is 443 g/mol. The fourth-order valence-corrected chi connectivity index (χ4v) is 4.57. The maximum absolute atomic E-state index is 13.2. The van der Waals surface area contributed by atoms with Crippen molar-refractivity contribution in [2.45, 2.75) is 12.0 Å². The summed E-state index contributed by atoms with van der Waals surface area (Å²) in [5.41, 5.74) is 1.02. The van der Waals surface area contributed by atoms with Crippen LogP contribution in [0.25, 0.3) is 0 Å². The monoisotopic (exact) mass is 443 g/mol. The molecule has 0 saturated carbocycles. The molecule has 0 bridgehead atoms. The number of imide groups is 1. The molecule has 2 aromatic carbocycles. The average Bonchev–Trinajstić information content (AvgIpc) is 3.27. The number of amides is 2. The molecule has 8 nitrogen and oxygen atoms in total. The smallest absolute Gasteiger partial charge is 0.374 e. The highest BCUT2D eigenvalue weighted by Crippen LogP contribution is 2.43. The molecular weight excluding hydrogens is 424 g/mol. The number of aliphatic carboxylic acids is 1. The summed E-state index contributed by atoms with van der Waals surface area (Å²) < 4.78 is 7.17. The van der Waals surface area contributed by atoms with E-state index < -0.39 is 35.7 Å². The Morgan fingerprint density at radius 1 is 0.909 bits per heavy atom. The molecule has 0 unspecified atom stereocenters. The number of fused-ring (bicyclic) bond motifs is 3. The van der Waals surface area contributed by atoms with Gasteiger partial charge < -0.3 is 9.84 Å². The van der Waals surface area contributed by atoms with Crippen LogP contribution in [0.15, 0.2) is 72.9 Å². The van der Waals surface area contributed by atoms with Crippen molar-refractivity contribution in [3.8, 4) is 11.5 Å². The largest absolute Gasteiger partial charge is 0.476 e. The molecule has 0 radical (unpaired) electrons. The fraction of sp³-hybridized carbons (Fsp3) is 0.160. The summed E-state index contributed by atoms with van der Waals surface area (Å²) in [7, 11) is 1.36. The summed E-state index contributed by atoms with van der Waals surface area (Å²) in [6.45, 7) is 0. The minimum Gasteiger partial charge on any atom is -0.476 e. The molecule has 1 aromatic heterocycles. The second-order valence-electron chi connectivity index (χ2n) is 8.04. The van der Waals surface area contributed by atoms with E-state index in [1.54, 1.807) is 48.5 Å². The Balaban J connectivity index is 1.49. The van der Waals surface area contributed by atoms with Crippen LogP contribution in [0.5, 0.6) is 11.5 Å². The first-order chi connectivity index (χ1) is 15.9. The van der Waals surface area contributed by atoms with Crippen LogP contribution in [0, 0.1) is 5.92 Å². The van der Waals surface area contributed by atoms with Crippen LogP contribution in [-0.2, 0) is 14.4 Å². The lowest BCUT2D eigenvalue weighted by atomic mass is 9.90. The summed E-state index contributed by atoms with van der Waals surface area (Å²) in [6.07, 6.45) is 1.42. The summed E-state index contributed by atoms with van der Waals surface area (Å²) in [6, 6.07) is 17.7. The van der Waals surface area contributed by atoms with Crippen LogP contribution in [0.3, 0.4) is 0 Å². The van der Waals surface area contributed by atoms with Crippen LogP contribution in [-0.4, -0.2) is 40.6 Å². The molecule has 164 valence electrons. The number of rotatable bonds is 5.